The van der Waals surface area contributed by atoms with E-state index < -0.39 is 6.08 Å². The lowest BCUT2D eigenvalue weighted by atomic mass is 11.4. The van der Waals surface area contributed by atoms with Crippen LogP contribution in [0.5, 0.6) is 6.08 Å². The fourth-order valence-corrected chi connectivity index (χ4v) is 0.145. The van der Waals surface area contributed by atoms with Crippen molar-refractivity contribution in [2.75, 3.05) is 0 Å². The molecular weight excluding hydrogens is 84.0 g/mol. The molecule has 0 aliphatic heterocycles. The van der Waals surface area contributed by atoms with Crippen molar-refractivity contribution in [3.63, 3.8) is 0 Å². The summed E-state index contributed by atoms with van der Waals surface area (Å²) in [5.41, 5.74) is 0. The van der Waals surface area contributed by atoms with E-state index in [4.69, 9.17) is 5.11 Å². The number of rotatable bonds is 0. The molecule has 1 aromatic rings. The molecule has 1 heterocycles. The van der Waals surface area contributed by atoms with Crippen LogP contribution in [-0.4, -0.2) is 15.3 Å². The van der Waals surface area contributed by atoms with E-state index in [2.05, 4.69) is 14.6 Å². The standard InChI is InChI=1S/C2HN2O2/c5-2-4-3-1-6-2/h(H,4,5). The second-order valence-corrected chi connectivity index (χ2v) is 0.676. The summed E-state index contributed by atoms with van der Waals surface area (Å²) >= 11 is 0. The molecule has 1 N–H and O–H groups in total. The van der Waals surface area contributed by atoms with Crippen LogP contribution in [0.1, 0.15) is 0 Å². The summed E-state index contributed by atoms with van der Waals surface area (Å²) in [6.07, 6.45) is 1.49. The molecule has 0 aliphatic carbocycles. The van der Waals surface area contributed by atoms with Gasteiger partial charge in [-0.15, -0.1) is 0 Å². The van der Waals surface area contributed by atoms with Crippen LogP contribution in [0.2, 0.25) is 0 Å². The summed E-state index contributed by atoms with van der Waals surface area (Å²) in [5.74, 6) is 0. The third-order valence-corrected chi connectivity index (χ3v) is 0.313. The minimum atomic E-state index is -0.449. The third kappa shape index (κ3) is 0.314. The zero-order valence-electron chi connectivity index (χ0n) is 2.75. The van der Waals surface area contributed by atoms with Gasteiger partial charge >= 0.3 is 12.5 Å². The molecular formula is C2HN2O2. The van der Waals surface area contributed by atoms with Crippen LogP contribution in [0.4, 0.5) is 0 Å². The first kappa shape index (κ1) is 3.14. The van der Waals surface area contributed by atoms with Gasteiger partial charge in [0.2, 0.25) is 0 Å². The van der Waals surface area contributed by atoms with Gasteiger partial charge in [0.1, 0.15) is 0 Å². The topological polar surface area (TPSA) is 59.2 Å². The number of hydrogen-bond donors (Lipinski definition) is 1. The second kappa shape index (κ2) is 0.965. The first-order chi connectivity index (χ1) is 2.89. The van der Waals surface area contributed by atoms with Gasteiger partial charge in [0, 0.05) is 0 Å². The number of aromatic nitrogens is 2. The quantitative estimate of drug-likeness (QED) is 0.464. The van der Waals surface area contributed by atoms with Crippen molar-refractivity contribution in [3.05, 3.63) is 6.39 Å². The average molecular weight is 85.0 g/mol. The monoisotopic (exact) mass is 85.0 g/mol. The Hall–Kier alpha value is -1.06. The van der Waals surface area contributed by atoms with Gasteiger partial charge in [-0.3, -0.25) is 0 Å². The Morgan fingerprint density at radius 3 is 2.83 bits per heavy atom. The van der Waals surface area contributed by atoms with Crippen LogP contribution in [0.25, 0.3) is 0 Å². The lowest BCUT2D eigenvalue weighted by Gasteiger charge is -1.63. The zero-order valence-corrected chi connectivity index (χ0v) is 2.75. The van der Waals surface area contributed by atoms with Crippen molar-refractivity contribution in [2.45, 2.75) is 0 Å². The van der Waals surface area contributed by atoms with E-state index in [1.165, 1.54) is 0 Å². The minimum Gasteiger partial charge on any atom is -0.465 e. The normalized spacial score (nSPS) is 8.67. The molecule has 0 fully saturated rings. The molecule has 0 bridgehead atoms. The Labute approximate surface area is 33.4 Å². The fourth-order valence-electron chi connectivity index (χ4n) is 0.145. The van der Waals surface area contributed by atoms with E-state index in [0.29, 0.717) is 0 Å². The molecule has 0 saturated heterocycles. The second-order valence-electron chi connectivity index (χ2n) is 0.676. The predicted molar refractivity (Wildman–Crippen MR) is 14.8 cm³/mol. The highest BCUT2D eigenvalue weighted by Gasteiger charge is 1.85. The van der Waals surface area contributed by atoms with Crippen LogP contribution in [0.3, 0.4) is 0 Å². The van der Waals surface area contributed by atoms with Crippen molar-refractivity contribution in [2.24, 2.45) is 0 Å². The molecule has 1 rings (SSSR count). The summed E-state index contributed by atoms with van der Waals surface area (Å²) in [5, 5.41) is 14.1. The van der Waals surface area contributed by atoms with Crippen molar-refractivity contribution < 1.29 is 9.52 Å². The van der Waals surface area contributed by atoms with E-state index in [0.717, 1.165) is 0 Å². The van der Waals surface area contributed by atoms with E-state index in [9.17, 15) is 0 Å². The van der Waals surface area contributed by atoms with Gasteiger partial charge in [-0.25, -0.2) is 0 Å². The summed E-state index contributed by atoms with van der Waals surface area (Å²) in [6.45, 7) is 0. The van der Waals surface area contributed by atoms with Gasteiger partial charge in [0.25, 0.3) is 0 Å². The molecule has 31 valence electrons. The first-order valence-electron chi connectivity index (χ1n) is 1.28. The molecule has 0 saturated carbocycles. The van der Waals surface area contributed by atoms with Crippen LogP contribution in [0.15, 0.2) is 4.42 Å². The predicted octanol–water partition coefficient (Wildman–Crippen LogP) is -0.425. The molecule has 0 aromatic carbocycles. The molecule has 0 amide bonds. The van der Waals surface area contributed by atoms with E-state index in [1.807, 2.05) is 6.39 Å². The summed E-state index contributed by atoms with van der Waals surface area (Å²) < 4.78 is 4.04. The Kier molecular flexibility index (Phi) is 0.506. The van der Waals surface area contributed by atoms with Gasteiger partial charge in [-0.2, -0.15) is 0 Å². The average Bonchev–Trinajstić information content (AvgIpc) is 1.86. The molecule has 0 atom stereocenters. The Balaban J connectivity index is 3.05. The van der Waals surface area contributed by atoms with Crippen LogP contribution < -0.4 is 0 Å². The highest BCUT2D eigenvalue weighted by Crippen LogP contribution is 1.93. The van der Waals surface area contributed by atoms with E-state index in [1.54, 1.807) is 0 Å². The highest BCUT2D eigenvalue weighted by molar-refractivity contribution is 4.68. The van der Waals surface area contributed by atoms with Gasteiger partial charge in [0.05, 0.1) is 0 Å². The van der Waals surface area contributed by atoms with Crippen LogP contribution in [0, 0.1) is 6.39 Å². The van der Waals surface area contributed by atoms with Crippen molar-refractivity contribution >= 4 is 0 Å². The van der Waals surface area contributed by atoms with Crippen LogP contribution in [-0.2, 0) is 0 Å². The van der Waals surface area contributed by atoms with Gasteiger partial charge in [0.15, 0.2) is 0 Å². The first-order valence-corrected chi connectivity index (χ1v) is 1.28. The maximum atomic E-state index is 8.10. The summed E-state index contributed by atoms with van der Waals surface area (Å²) in [4.78, 5) is 0. The fraction of sp³-hybridized carbons (Fsp3) is 0. The lowest BCUT2D eigenvalue weighted by Crippen LogP contribution is -1.59. The molecule has 6 heavy (non-hydrogen) atoms. The number of hydrogen-bond acceptors (Lipinski definition) is 4. The Morgan fingerprint density at radius 2 is 2.67 bits per heavy atom. The Morgan fingerprint density at radius 1 is 1.83 bits per heavy atom. The molecule has 0 unspecified atom stereocenters. The van der Waals surface area contributed by atoms with Crippen LogP contribution >= 0.6 is 0 Å². The van der Waals surface area contributed by atoms with Crippen molar-refractivity contribution in [1.82, 2.24) is 10.2 Å². The summed E-state index contributed by atoms with van der Waals surface area (Å²) in [6, 6.07) is 0. The van der Waals surface area contributed by atoms with Crippen molar-refractivity contribution in [3.8, 4) is 6.08 Å². The molecule has 0 spiro atoms. The minimum absolute atomic E-state index is 0.449. The number of nitrogens with zero attached hydrogens (tertiary/aromatic N) is 2. The Bertz CT molecular complexity index is 113. The van der Waals surface area contributed by atoms with Gasteiger partial charge in [-0.1, -0.05) is 10.2 Å². The van der Waals surface area contributed by atoms with Gasteiger partial charge < -0.3 is 9.52 Å². The van der Waals surface area contributed by atoms with E-state index >= 15 is 0 Å². The lowest BCUT2D eigenvalue weighted by molar-refractivity contribution is 0.313. The molecule has 1 aromatic heterocycles. The van der Waals surface area contributed by atoms with Gasteiger partial charge in [-0.05, 0) is 0 Å². The highest BCUT2D eigenvalue weighted by atomic mass is 16.5. The maximum Gasteiger partial charge on any atom is 0.412 e. The smallest absolute Gasteiger partial charge is 0.412 e. The molecule has 4 nitrogen and oxygen atoms in total. The largest absolute Gasteiger partial charge is 0.465 e. The third-order valence-electron chi connectivity index (χ3n) is 0.313. The molecule has 4 heteroatoms. The molecule has 1 radical (unpaired) electrons. The number of aromatic hydroxyl groups is 1. The van der Waals surface area contributed by atoms with E-state index in [-0.39, 0.29) is 0 Å². The molecule has 0 aliphatic rings. The summed E-state index contributed by atoms with van der Waals surface area (Å²) in [7, 11) is 0. The maximum absolute atomic E-state index is 8.10. The SMILES string of the molecule is Oc1nn[c]o1. The van der Waals surface area contributed by atoms with Crippen molar-refractivity contribution in [1.29, 1.82) is 0 Å². The zero-order chi connectivity index (χ0) is 4.41.